The molecule has 14 heavy (non-hydrogen) atoms. The van der Waals surface area contributed by atoms with Gasteiger partial charge in [0.05, 0.1) is 6.10 Å². The van der Waals surface area contributed by atoms with Crippen LogP contribution < -0.4 is 0 Å². The predicted octanol–water partition coefficient (Wildman–Crippen LogP) is 3.24. The number of hydrogen-bond acceptors (Lipinski definition) is 2. The summed E-state index contributed by atoms with van der Waals surface area (Å²) in [6.07, 6.45) is 8.93. The van der Waals surface area contributed by atoms with Crippen LogP contribution in [0.3, 0.4) is 0 Å². The van der Waals surface area contributed by atoms with Crippen LogP contribution in [0.5, 0.6) is 0 Å². The van der Waals surface area contributed by atoms with Crippen molar-refractivity contribution in [3.05, 3.63) is 12.7 Å². The van der Waals surface area contributed by atoms with Gasteiger partial charge in [-0.05, 0) is 43.1 Å². The summed E-state index contributed by atoms with van der Waals surface area (Å²) in [6.45, 7) is 3.70. The molecule has 2 unspecified atom stereocenters. The Hall–Kier alpha value is 0.0500. The highest BCUT2D eigenvalue weighted by atomic mass is 32.2. The Bertz CT molecular complexity index is 152. The maximum Gasteiger partial charge on any atom is 0.0576 e. The highest BCUT2D eigenvalue weighted by Crippen LogP contribution is 2.28. The number of hydrogen-bond donors (Lipinski definition) is 1. The summed E-state index contributed by atoms with van der Waals surface area (Å²) in [7, 11) is 0. The second-order valence-electron chi connectivity index (χ2n) is 4.12. The molecule has 1 heterocycles. The molecule has 1 fully saturated rings. The average molecular weight is 214 g/mol. The molecule has 1 aliphatic rings. The number of aliphatic hydroxyl groups excluding tert-OH is 1. The maximum atomic E-state index is 9.87. The Morgan fingerprint density at radius 1 is 1.43 bits per heavy atom. The van der Waals surface area contributed by atoms with Gasteiger partial charge in [0.15, 0.2) is 0 Å². The number of rotatable bonds is 7. The first-order chi connectivity index (χ1) is 6.84. The average Bonchev–Trinajstić information content (AvgIpc) is 2.70. The van der Waals surface area contributed by atoms with Crippen molar-refractivity contribution in [2.45, 2.75) is 44.6 Å². The molecule has 0 spiro atoms. The summed E-state index contributed by atoms with van der Waals surface area (Å²) in [6, 6.07) is 0. The standard InChI is InChI=1S/C12H22OS/c1-2-3-4-5-6-7-12(13)11-8-9-14-10-11/h2,11-13H,1,3-10H2. The van der Waals surface area contributed by atoms with Crippen LogP contribution in [-0.4, -0.2) is 22.7 Å². The van der Waals surface area contributed by atoms with Crippen LogP contribution in [0.4, 0.5) is 0 Å². The van der Waals surface area contributed by atoms with Crippen LogP contribution in [-0.2, 0) is 0 Å². The van der Waals surface area contributed by atoms with E-state index in [2.05, 4.69) is 6.58 Å². The topological polar surface area (TPSA) is 20.2 Å². The smallest absolute Gasteiger partial charge is 0.0576 e. The minimum atomic E-state index is -0.0336. The van der Waals surface area contributed by atoms with Crippen molar-refractivity contribution in [3.8, 4) is 0 Å². The third-order valence-corrected chi connectivity index (χ3v) is 4.11. The normalized spacial score (nSPS) is 23.6. The number of thioether (sulfide) groups is 1. The van der Waals surface area contributed by atoms with Gasteiger partial charge >= 0.3 is 0 Å². The maximum absolute atomic E-state index is 9.87. The van der Waals surface area contributed by atoms with E-state index in [0.717, 1.165) is 12.8 Å². The number of allylic oxidation sites excluding steroid dienone is 1. The minimum absolute atomic E-state index is 0.0336. The molecule has 1 N–H and O–H groups in total. The van der Waals surface area contributed by atoms with Gasteiger partial charge < -0.3 is 5.11 Å². The Kier molecular flexibility index (Phi) is 6.37. The fourth-order valence-electron chi connectivity index (χ4n) is 1.91. The Labute approximate surface area is 92.0 Å². The summed E-state index contributed by atoms with van der Waals surface area (Å²) < 4.78 is 0. The summed E-state index contributed by atoms with van der Waals surface area (Å²) in [5, 5.41) is 9.87. The van der Waals surface area contributed by atoms with Gasteiger partial charge in [0.1, 0.15) is 0 Å². The monoisotopic (exact) mass is 214 g/mol. The number of unbranched alkanes of at least 4 members (excludes halogenated alkanes) is 3. The lowest BCUT2D eigenvalue weighted by Crippen LogP contribution is -2.19. The molecule has 0 saturated carbocycles. The van der Waals surface area contributed by atoms with Gasteiger partial charge in [0, 0.05) is 0 Å². The number of aliphatic hydroxyl groups is 1. The SMILES string of the molecule is C=CCCCCCC(O)C1CCSC1. The van der Waals surface area contributed by atoms with Crippen molar-refractivity contribution in [1.29, 1.82) is 0 Å². The van der Waals surface area contributed by atoms with Crippen LogP contribution in [0, 0.1) is 5.92 Å². The van der Waals surface area contributed by atoms with Gasteiger partial charge in [-0.1, -0.05) is 18.9 Å². The van der Waals surface area contributed by atoms with E-state index in [1.165, 1.54) is 37.2 Å². The van der Waals surface area contributed by atoms with Crippen molar-refractivity contribution < 1.29 is 5.11 Å². The third-order valence-electron chi connectivity index (χ3n) is 2.92. The Morgan fingerprint density at radius 2 is 2.29 bits per heavy atom. The Morgan fingerprint density at radius 3 is 2.93 bits per heavy atom. The second-order valence-corrected chi connectivity index (χ2v) is 5.27. The fraction of sp³-hybridized carbons (Fsp3) is 0.833. The van der Waals surface area contributed by atoms with Gasteiger partial charge in [0.25, 0.3) is 0 Å². The second kappa shape index (κ2) is 7.36. The molecular formula is C12H22OS. The lowest BCUT2D eigenvalue weighted by molar-refractivity contribution is 0.108. The molecule has 0 radical (unpaired) electrons. The zero-order valence-corrected chi connectivity index (χ0v) is 9.77. The van der Waals surface area contributed by atoms with E-state index >= 15 is 0 Å². The summed E-state index contributed by atoms with van der Waals surface area (Å²) in [4.78, 5) is 0. The molecule has 0 amide bonds. The van der Waals surface area contributed by atoms with Crippen molar-refractivity contribution in [2.24, 2.45) is 5.92 Å². The van der Waals surface area contributed by atoms with E-state index in [9.17, 15) is 5.11 Å². The first kappa shape index (κ1) is 12.1. The predicted molar refractivity (Wildman–Crippen MR) is 64.7 cm³/mol. The molecule has 0 aliphatic carbocycles. The van der Waals surface area contributed by atoms with Crippen LogP contribution in [0.15, 0.2) is 12.7 Å². The largest absolute Gasteiger partial charge is 0.393 e. The molecule has 1 nitrogen and oxygen atoms in total. The molecule has 2 atom stereocenters. The highest BCUT2D eigenvalue weighted by Gasteiger charge is 2.22. The van der Waals surface area contributed by atoms with E-state index in [1.807, 2.05) is 17.8 Å². The Balaban J connectivity index is 1.96. The first-order valence-electron chi connectivity index (χ1n) is 5.71. The molecule has 1 saturated heterocycles. The molecule has 0 bridgehead atoms. The summed E-state index contributed by atoms with van der Waals surface area (Å²) >= 11 is 1.98. The third kappa shape index (κ3) is 4.52. The molecule has 0 aromatic carbocycles. The van der Waals surface area contributed by atoms with Crippen LogP contribution in [0.1, 0.15) is 38.5 Å². The van der Waals surface area contributed by atoms with Gasteiger partial charge in [0.2, 0.25) is 0 Å². The quantitative estimate of drug-likeness (QED) is 0.518. The van der Waals surface area contributed by atoms with E-state index < -0.39 is 0 Å². The zero-order chi connectivity index (χ0) is 10.2. The zero-order valence-electron chi connectivity index (χ0n) is 8.95. The molecular weight excluding hydrogens is 192 g/mol. The first-order valence-corrected chi connectivity index (χ1v) is 6.86. The van der Waals surface area contributed by atoms with Crippen LogP contribution >= 0.6 is 11.8 Å². The van der Waals surface area contributed by atoms with Gasteiger partial charge in [-0.3, -0.25) is 0 Å². The van der Waals surface area contributed by atoms with Crippen LogP contribution in [0.25, 0.3) is 0 Å². The van der Waals surface area contributed by atoms with Crippen molar-refractivity contribution >= 4 is 11.8 Å². The van der Waals surface area contributed by atoms with Crippen molar-refractivity contribution in [3.63, 3.8) is 0 Å². The molecule has 0 aromatic rings. The molecule has 1 rings (SSSR count). The summed E-state index contributed by atoms with van der Waals surface area (Å²) in [5.74, 6) is 3.01. The highest BCUT2D eigenvalue weighted by molar-refractivity contribution is 7.99. The van der Waals surface area contributed by atoms with Gasteiger partial charge in [-0.25, -0.2) is 0 Å². The molecule has 1 aliphatic heterocycles. The van der Waals surface area contributed by atoms with Gasteiger partial charge in [-0.15, -0.1) is 6.58 Å². The molecule has 0 aromatic heterocycles. The van der Waals surface area contributed by atoms with E-state index in [-0.39, 0.29) is 6.10 Å². The van der Waals surface area contributed by atoms with Crippen molar-refractivity contribution in [2.75, 3.05) is 11.5 Å². The lowest BCUT2D eigenvalue weighted by atomic mass is 9.97. The minimum Gasteiger partial charge on any atom is -0.393 e. The van der Waals surface area contributed by atoms with Crippen molar-refractivity contribution in [1.82, 2.24) is 0 Å². The van der Waals surface area contributed by atoms with E-state index in [0.29, 0.717) is 5.92 Å². The molecule has 2 heteroatoms. The molecule has 82 valence electrons. The van der Waals surface area contributed by atoms with E-state index in [4.69, 9.17) is 0 Å². The fourth-order valence-corrected chi connectivity index (χ4v) is 3.24. The van der Waals surface area contributed by atoms with Crippen LogP contribution in [0.2, 0.25) is 0 Å². The van der Waals surface area contributed by atoms with Gasteiger partial charge in [-0.2, -0.15) is 11.8 Å². The van der Waals surface area contributed by atoms with E-state index in [1.54, 1.807) is 0 Å². The summed E-state index contributed by atoms with van der Waals surface area (Å²) in [5.41, 5.74) is 0. The lowest BCUT2D eigenvalue weighted by Gasteiger charge is -2.16.